The lowest BCUT2D eigenvalue weighted by Gasteiger charge is -2.29. The Morgan fingerprint density at radius 3 is 2.23 bits per heavy atom. The Bertz CT molecular complexity index is 1240. The van der Waals surface area contributed by atoms with Crippen LogP contribution in [-0.2, 0) is 14.8 Å². The van der Waals surface area contributed by atoms with E-state index in [1.165, 1.54) is 55.7 Å². The van der Waals surface area contributed by atoms with Crippen LogP contribution in [0.3, 0.4) is 0 Å². The molecule has 0 spiro atoms. The summed E-state index contributed by atoms with van der Waals surface area (Å²) >= 11 is 0. The van der Waals surface area contributed by atoms with Gasteiger partial charge in [-0.1, -0.05) is 42.5 Å². The predicted octanol–water partition coefficient (Wildman–Crippen LogP) is 4.89. The molecule has 184 valence electrons. The normalized spacial score (nSPS) is 14.9. The van der Waals surface area contributed by atoms with E-state index in [1.54, 1.807) is 18.2 Å². The van der Waals surface area contributed by atoms with Crippen LogP contribution in [0.2, 0.25) is 0 Å². The lowest BCUT2D eigenvalue weighted by molar-refractivity contribution is -0.120. The lowest BCUT2D eigenvalue weighted by atomic mass is 10.1. The summed E-state index contributed by atoms with van der Waals surface area (Å²) in [5.74, 6) is -1.25. The fourth-order valence-corrected chi connectivity index (χ4v) is 5.75. The third-order valence-electron chi connectivity index (χ3n) is 6.23. The molecule has 0 radical (unpaired) electrons. The Hall–Kier alpha value is -3.39. The van der Waals surface area contributed by atoms with Crippen LogP contribution in [0.25, 0.3) is 0 Å². The van der Waals surface area contributed by atoms with Crippen molar-refractivity contribution >= 4 is 27.3 Å². The van der Waals surface area contributed by atoms with E-state index < -0.39 is 28.3 Å². The third kappa shape index (κ3) is 5.82. The molecule has 0 aromatic heterocycles. The van der Waals surface area contributed by atoms with Gasteiger partial charge in [-0.2, -0.15) is 0 Å². The van der Waals surface area contributed by atoms with Crippen LogP contribution in [0.15, 0.2) is 83.8 Å². The Kier molecular flexibility index (Phi) is 7.70. The minimum atomic E-state index is -4.16. The molecule has 35 heavy (non-hydrogen) atoms. The minimum Gasteiger partial charge on any atom is -0.372 e. The molecule has 4 rings (SSSR count). The van der Waals surface area contributed by atoms with Crippen molar-refractivity contribution in [3.63, 3.8) is 0 Å². The number of sulfonamides is 1. The quantitative estimate of drug-likeness (QED) is 0.483. The largest absolute Gasteiger partial charge is 0.372 e. The number of amides is 1. The van der Waals surface area contributed by atoms with Crippen molar-refractivity contribution in [2.24, 2.45) is 0 Å². The molecule has 0 saturated carbocycles. The Morgan fingerprint density at radius 2 is 1.57 bits per heavy atom. The zero-order valence-electron chi connectivity index (χ0n) is 19.7. The average Bonchev–Trinajstić information content (AvgIpc) is 2.89. The number of nitrogens with zero attached hydrogens (tertiary/aromatic N) is 2. The van der Waals surface area contributed by atoms with Crippen molar-refractivity contribution in [2.75, 3.05) is 28.8 Å². The molecule has 3 aromatic carbocycles. The molecule has 3 aromatic rings. The fourth-order valence-electron chi connectivity index (χ4n) is 4.30. The van der Waals surface area contributed by atoms with Crippen molar-refractivity contribution < 1.29 is 17.6 Å². The third-order valence-corrected chi connectivity index (χ3v) is 8.01. The standard InChI is InChI=1S/C27H30FN3O3S/c1-21(22-14-16-23(17-15-22)30-18-8-3-9-19-30)29-27(32)20-31(26-13-7-6-12-25(26)28)35(33,34)24-10-4-2-5-11-24/h2,4-7,10-17,21H,3,8-9,18-20H2,1H3,(H,29,32). The van der Waals surface area contributed by atoms with Gasteiger partial charge in [0.1, 0.15) is 12.4 Å². The number of benzene rings is 3. The number of nitrogens with one attached hydrogen (secondary N) is 1. The van der Waals surface area contributed by atoms with E-state index in [2.05, 4.69) is 22.3 Å². The molecule has 1 aliphatic rings. The number of para-hydroxylation sites is 1. The van der Waals surface area contributed by atoms with E-state index in [4.69, 9.17) is 0 Å². The topological polar surface area (TPSA) is 69.7 Å². The summed E-state index contributed by atoms with van der Waals surface area (Å²) < 4.78 is 42.1. The van der Waals surface area contributed by atoms with Crippen LogP contribution in [-0.4, -0.2) is 34.0 Å². The molecule has 0 bridgehead atoms. The maximum Gasteiger partial charge on any atom is 0.264 e. The number of halogens is 1. The molecule has 1 aliphatic heterocycles. The van der Waals surface area contributed by atoms with Crippen LogP contribution < -0.4 is 14.5 Å². The van der Waals surface area contributed by atoms with Gasteiger partial charge in [0.05, 0.1) is 16.6 Å². The summed E-state index contributed by atoms with van der Waals surface area (Å²) in [5.41, 5.74) is 1.89. The van der Waals surface area contributed by atoms with Gasteiger partial charge in [0.25, 0.3) is 10.0 Å². The number of piperidine rings is 1. The Labute approximate surface area is 206 Å². The van der Waals surface area contributed by atoms with Gasteiger partial charge in [-0.15, -0.1) is 0 Å². The van der Waals surface area contributed by atoms with Gasteiger partial charge in [0.2, 0.25) is 5.91 Å². The van der Waals surface area contributed by atoms with Crippen LogP contribution in [0, 0.1) is 5.82 Å². The SMILES string of the molecule is CC(NC(=O)CN(c1ccccc1F)S(=O)(=O)c1ccccc1)c1ccc(N2CCCCC2)cc1. The zero-order valence-corrected chi connectivity index (χ0v) is 20.5. The summed E-state index contributed by atoms with van der Waals surface area (Å²) in [5, 5.41) is 2.86. The zero-order chi connectivity index (χ0) is 24.8. The predicted molar refractivity (Wildman–Crippen MR) is 136 cm³/mol. The van der Waals surface area contributed by atoms with Gasteiger partial charge in [0.15, 0.2) is 0 Å². The van der Waals surface area contributed by atoms with Crippen molar-refractivity contribution in [1.29, 1.82) is 0 Å². The highest BCUT2D eigenvalue weighted by atomic mass is 32.2. The van der Waals surface area contributed by atoms with Crippen LogP contribution >= 0.6 is 0 Å². The number of anilines is 2. The van der Waals surface area contributed by atoms with E-state index >= 15 is 0 Å². The second-order valence-corrected chi connectivity index (χ2v) is 10.6. The van der Waals surface area contributed by atoms with E-state index in [0.717, 1.165) is 28.6 Å². The van der Waals surface area contributed by atoms with E-state index in [0.29, 0.717) is 0 Å². The van der Waals surface area contributed by atoms with Gasteiger partial charge in [0, 0.05) is 18.8 Å². The summed E-state index contributed by atoms with van der Waals surface area (Å²) in [4.78, 5) is 15.3. The first-order valence-corrected chi connectivity index (χ1v) is 13.3. The van der Waals surface area contributed by atoms with Crippen LogP contribution in [0.1, 0.15) is 37.8 Å². The molecular weight excluding hydrogens is 465 g/mol. The maximum absolute atomic E-state index is 14.6. The van der Waals surface area contributed by atoms with Gasteiger partial charge < -0.3 is 10.2 Å². The summed E-state index contributed by atoms with van der Waals surface area (Å²) in [6, 6.07) is 21.0. The van der Waals surface area contributed by atoms with Crippen molar-refractivity contribution in [2.45, 2.75) is 37.1 Å². The van der Waals surface area contributed by atoms with Gasteiger partial charge in [-0.05, 0) is 68.1 Å². The number of hydrogen-bond donors (Lipinski definition) is 1. The van der Waals surface area contributed by atoms with Crippen molar-refractivity contribution in [1.82, 2.24) is 5.32 Å². The van der Waals surface area contributed by atoms with E-state index in [-0.39, 0.29) is 16.6 Å². The molecule has 0 aliphatic carbocycles. The van der Waals surface area contributed by atoms with E-state index in [1.807, 2.05) is 19.1 Å². The molecule has 1 N–H and O–H groups in total. The maximum atomic E-state index is 14.6. The number of carbonyl (C=O) groups is 1. The highest BCUT2D eigenvalue weighted by Crippen LogP contribution is 2.27. The summed E-state index contributed by atoms with van der Waals surface area (Å²) in [6.45, 7) is 3.39. The number of carbonyl (C=O) groups excluding carboxylic acids is 1. The Morgan fingerprint density at radius 1 is 0.943 bits per heavy atom. The van der Waals surface area contributed by atoms with Crippen LogP contribution in [0.5, 0.6) is 0 Å². The molecule has 1 heterocycles. The highest BCUT2D eigenvalue weighted by Gasteiger charge is 2.29. The molecule has 1 atom stereocenters. The monoisotopic (exact) mass is 495 g/mol. The smallest absolute Gasteiger partial charge is 0.264 e. The second kappa shape index (κ2) is 10.9. The molecule has 1 saturated heterocycles. The van der Waals surface area contributed by atoms with Gasteiger partial charge in [-0.3, -0.25) is 9.10 Å². The first kappa shape index (κ1) is 24.7. The van der Waals surface area contributed by atoms with Crippen LogP contribution in [0.4, 0.5) is 15.8 Å². The average molecular weight is 496 g/mol. The lowest BCUT2D eigenvalue weighted by Crippen LogP contribution is -2.42. The van der Waals surface area contributed by atoms with Gasteiger partial charge >= 0.3 is 0 Å². The molecule has 1 unspecified atom stereocenters. The molecular formula is C27H30FN3O3S. The minimum absolute atomic E-state index is 0.0163. The number of hydrogen-bond acceptors (Lipinski definition) is 4. The Balaban J connectivity index is 1.50. The second-order valence-electron chi connectivity index (χ2n) is 8.70. The number of rotatable bonds is 8. The molecule has 1 amide bonds. The summed E-state index contributed by atoms with van der Waals surface area (Å²) in [6.07, 6.45) is 3.65. The molecule has 6 nitrogen and oxygen atoms in total. The fraction of sp³-hybridized carbons (Fsp3) is 0.296. The summed E-state index contributed by atoms with van der Waals surface area (Å²) in [7, 11) is -4.16. The molecule has 8 heteroatoms. The van der Waals surface area contributed by atoms with Gasteiger partial charge in [-0.25, -0.2) is 12.8 Å². The van der Waals surface area contributed by atoms with Crippen molar-refractivity contribution in [3.05, 3.63) is 90.2 Å². The first-order valence-electron chi connectivity index (χ1n) is 11.8. The van der Waals surface area contributed by atoms with Crippen molar-refractivity contribution in [3.8, 4) is 0 Å². The highest BCUT2D eigenvalue weighted by molar-refractivity contribution is 7.92. The van der Waals surface area contributed by atoms with E-state index in [9.17, 15) is 17.6 Å². The molecule has 1 fully saturated rings. The first-order chi connectivity index (χ1) is 16.9.